The van der Waals surface area contributed by atoms with Gasteiger partial charge in [0.05, 0.1) is 11.9 Å². The lowest BCUT2D eigenvalue weighted by Crippen LogP contribution is -2.19. The van der Waals surface area contributed by atoms with E-state index < -0.39 is 0 Å². The van der Waals surface area contributed by atoms with E-state index >= 15 is 0 Å². The van der Waals surface area contributed by atoms with Gasteiger partial charge in [-0.3, -0.25) is 9.89 Å². The van der Waals surface area contributed by atoms with Gasteiger partial charge in [0.1, 0.15) is 5.75 Å². The third kappa shape index (κ3) is 3.34. The molecule has 1 aromatic heterocycles. The zero-order valence-corrected chi connectivity index (χ0v) is 9.43. The maximum absolute atomic E-state index is 11.5. The minimum atomic E-state index is -0.215. The first-order valence-electron chi connectivity index (χ1n) is 5.22. The standard InChI is InChI=1S/C12H13N3O2/c1-9-3-2-4-11(5-9)17-8-12(16)15-10-6-13-14-7-10/h2-7H,8H2,1H3,(H,13,14)(H,15,16). The van der Waals surface area contributed by atoms with Crippen molar-refractivity contribution in [3.63, 3.8) is 0 Å². The van der Waals surface area contributed by atoms with E-state index in [1.807, 2.05) is 31.2 Å². The summed E-state index contributed by atoms with van der Waals surface area (Å²) in [6, 6.07) is 7.56. The molecule has 1 amide bonds. The molecule has 88 valence electrons. The average molecular weight is 231 g/mol. The Hall–Kier alpha value is -2.30. The van der Waals surface area contributed by atoms with E-state index in [1.165, 1.54) is 6.20 Å². The molecule has 1 aromatic carbocycles. The smallest absolute Gasteiger partial charge is 0.262 e. The number of nitrogens with zero attached hydrogens (tertiary/aromatic N) is 1. The summed E-state index contributed by atoms with van der Waals surface area (Å²) in [5, 5.41) is 8.98. The summed E-state index contributed by atoms with van der Waals surface area (Å²) < 4.78 is 5.35. The molecule has 1 heterocycles. The molecule has 5 heteroatoms. The number of aromatic amines is 1. The molecule has 0 unspecified atom stereocenters. The predicted octanol–water partition coefficient (Wildman–Crippen LogP) is 1.74. The van der Waals surface area contributed by atoms with Crippen LogP contribution in [-0.2, 0) is 4.79 Å². The Kier molecular flexibility index (Phi) is 3.40. The van der Waals surface area contributed by atoms with Gasteiger partial charge in [-0.05, 0) is 24.6 Å². The largest absolute Gasteiger partial charge is 0.484 e. The summed E-state index contributed by atoms with van der Waals surface area (Å²) in [6.07, 6.45) is 3.13. The monoisotopic (exact) mass is 231 g/mol. The number of hydrogen-bond acceptors (Lipinski definition) is 3. The summed E-state index contributed by atoms with van der Waals surface area (Å²) in [4.78, 5) is 11.5. The molecule has 0 aliphatic rings. The fourth-order valence-corrected chi connectivity index (χ4v) is 1.37. The molecule has 17 heavy (non-hydrogen) atoms. The fraction of sp³-hybridized carbons (Fsp3) is 0.167. The van der Waals surface area contributed by atoms with Crippen molar-refractivity contribution in [2.45, 2.75) is 6.92 Å². The van der Waals surface area contributed by atoms with Crippen molar-refractivity contribution in [3.8, 4) is 5.75 Å². The van der Waals surface area contributed by atoms with Crippen LogP contribution in [0.2, 0.25) is 0 Å². The highest BCUT2D eigenvalue weighted by molar-refractivity contribution is 5.91. The minimum absolute atomic E-state index is 0.0192. The Morgan fingerprint density at radius 2 is 2.41 bits per heavy atom. The summed E-state index contributed by atoms with van der Waals surface area (Å²) in [6.45, 7) is 1.95. The second-order valence-corrected chi connectivity index (χ2v) is 3.64. The summed E-state index contributed by atoms with van der Waals surface area (Å²) in [5.41, 5.74) is 1.72. The van der Waals surface area contributed by atoms with Gasteiger partial charge < -0.3 is 10.1 Å². The van der Waals surface area contributed by atoms with Gasteiger partial charge in [-0.2, -0.15) is 5.10 Å². The van der Waals surface area contributed by atoms with Crippen LogP contribution in [-0.4, -0.2) is 22.7 Å². The lowest BCUT2D eigenvalue weighted by atomic mass is 10.2. The molecule has 0 aliphatic heterocycles. The van der Waals surface area contributed by atoms with Crippen molar-refractivity contribution in [3.05, 3.63) is 42.2 Å². The minimum Gasteiger partial charge on any atom is -0.484 e. The van der Waals surface area contributed by atoms with Crippen LogP contribution in [0.15, 0.2) is 36.7 Å². The number of anilines is 1. The van der Waals surface area contributed by atoms with E-state index in [0.717, 1.165) is 5.56 Å². The van der Waals surface area contributed by atoms with Gasteiger partial charge in [0.2, 0.25) is 0 Å². The van der Waals surface area contributed by atoms with E-state index in [0.29, 0.717) is 11.4 Å². The quantitative estimate of drug-likeness (QED) is 0.842. The molecule has 0 aliphatic carbocycles. The predicted molar refractivity (Wildman–Crippen MR) is 63.9 cm³/mol. The SMILES string of the molecule is Cc1cccc(OCC(=O)Nc2cn[nH]c2)c1. The molecule has 5 nitrogen and oxygen atoms in total. The van der Waals surface area contributed by atoms with Crippen LogP contribution >= 0.6 is 0 Å². The van der Waals surface area contributed by atoms with E-state index in [9.17, 15) is 4.79 Å². The molecule has 2 N–H and O–H groups in total. The third-order valence-electron chi connectivity index (χ3n) is 2.14. The molecule has 2 aromatic rings. The normalized spacial score (nSPS) is 9.94. The van der Waals surface area contributed by atoms with Gasteiger partial charge in [-0.1, -0.05) is 12.1 Å². The number of hydrogen-bond donors (Lipinski definition) is 2. The van der Waals surface area contributed by atoms with E-state index in [1.54, 1.807) is 6.20 Å². The molecule has 0 fully saturated rings. The van der Waals surface area contributed by atoms with Crippen molar-refractivity contribution in [2.24, 2.45) is 0 Å². The molecule has 0 spiro atoms. The number of aryl methyl sites for hydroxylation is 1. The van der Waals surface area contributed by atoms with Crippen molar-refractivity contribution >= 4 is 11.6 Å². The number of aromatic nitrogens is 2. The molecule has 0 atom stereocenters. The van der Waals surface area contributed by atoms with E-state index in [2.05, 4.69) is 15.5 Å². The van der Waals surface area contributed by atoms with Crippen molar-refractivity contribution in [1.29, 1.82) is 0 Å². The van der Waals surface area contributed by atoms with Gasteiger partial charge in [0, 0.05) is 6.20 Å². The summed E-state index contributed by atoms with van der Waals surface area (Å²) in [5.74, 6) is 0.472. The van der Waals surface area contributed by atoms with Crippen LogP contribution in [0.1, 0.15) is 5.56 Å². The van der Waals surface area contributed by atoms with Crippen LogP contribution in [0.5, 0.6) is 5.75 Å². The van der Waals surface area contributed by atoms with Gasteiger partial charge in [0.25, 0.3) is 5.91 Å². The maximum Gasteiger partial charge on any atom is 0.262 e. The van der Waals surface area contributed by atoms with Crippen molar-refractivity contribution in [2.75, 3.05) is 11.9 Å². The van der Waals surface area contributed by atoms with Crippen molar-refractivity contribution in [1.82, 2.24) is 10.2 Å². The Labute approximate surface area is 98.8 Å². The first kappa shape index (κ1) is 11.2. The number of H-pyrrole nitrogens is 1. The second-order valence-electron chi connectivity index (χ2n) is 3.64. The zero-order chi connectivity index (χ0) is 12.1. The topological polar surface area (TPSA) is 67.0 Å². The Balaban J connectivity index is 1.84. The van der Waals surface area contributed by atoms with Crippen LogP contribution in [0.3, 0.4) is 0 Å². The van der Waals surface area contributed by atoms with Gasteiger partial charge in [-0.15, -0.1) is 0 Å². The zero-order valence-electron chi connectivity index (χ0n) is 9.43. The first-order chi connectivity index (χ1) is 8.24. The lowest BCUT2D eigenvalue weighted by Gasteiger charge is -2.06. The van der Waals surface area contributed by atoms with Gasteiger partial charge in [0.15, 0.2) is 6.61 Å². The van der Waals surface area contributed by atoms with Crippen LogP contribution < -0.4 is 10.1 Å². The molecule has 0 radical (unpaired) electrons. The highest BCUT2D eigenvalue weighted by atomic mass is 16.5. The lowest BCUT2D eigenvalue weighted by molar-refractivity contribution is -0.118. The Bertz CT molecular complexity index is 494. The second kappa shape index (κ2) is 5.16. The number of amides is 1. The fourth-order valence-electron chi connectivity index (χ4n) is 1.37. The molecular weight excluding hydrogens is 218 g/mol. The summed E-state index contributed by atoms with van der Waals surface area (Å²) in [7, 11) is 0. The van der Waals surface area contributed by atoms with E-state index in [-0.39, 0.29) is 12.5 Å². The number of rotatable bonds is 4. The Morgan fingerprint density at radius 3 is 3.12 bits per heavy atom. The maximum atomic E-state index is 11.5. The number of nitrogens with one attached hydrogen (secondary N) is 2. The van der Waals surface area contributed by atoms with Gasteiger partial charge in [-0.25, -0.2) is 0 Å². The number of carbonyl (C=O) groups excluding carboxylic acids is 1. The molecular formula is C12H13N3O2. The summed E-state index contributed by atoms with van der Waals surface area (Å²) >= 11 is 0. The number of carbonyl (C=O) groups is 1. The molecule has 0 saturated carbocycles. The van der Waals surface area contributed by atoms with E-state index in [4.69, 9.17) is 4.74 Å². The molecule has 0 bridgehead atoms. The average Bonchev–Trinajstić information content (AvgIpc) is 2.79. The number of ether oxygens (including phenoxy) is 1. The third-order valence-corrected chi connectivity index (χ3v) is 2.14. The van der Waals surface area contributed by atoms with Crippen LogP contribution in [0, 0.1) is 6.92 Å². The number of benzene rings is 1. The molecule has 0 saturated heterocycles. The van der Waals surface area contributed by atoms with Crippen LogP contribution in [0.4, 0.5) is 5.69 Å². The highest BCUT2D eigenvalue weighted by Gasteiger charge is 2.04. The van der Waals surface area contributed by atoms with Gasteiger partial charge >= 0.3 is 0 Å². The molecule has 2 rings (SSSR count). The van der Waals surface area contributed by atoms with Crippen LogP contribution in [0.25, 0.3) is 0 Å². The Morgan fingerprint density at radius 1 is 1.53 bits per heavy atom. The first-order valence-corrected chi connectivity index (χ1v) is 5.22. The van der Waals surface area contributed by atoms with Crippen molar-refractivity contribution < 1.29 is 9.53 Å². The highest BCUT2D eigenvalue weighted by Crippen LogP contribution is 2.12.